The van der Waals surface area contributed by atoms with E-state index in [9.17, 15) is 9.90 Å². The number of thiazole rings is 1. The van der Waals surface area contributed by atoms with E-state index >= 15 is 0 Å². The van der Waals surface area contributed by atoms with Gasteiger partial charge in [-0.15, -0.1) is 11.3 Å². The van der Waals surface area contributed by atoms with Crippen LogP contribution in [0.25, 0.3) is 15.8 Å². The Hall–Kier alpha value is -3.23. The summed E-state index contributed by atoms with van der Waals surface area (Å²) < 4.78 is 6.39. The first-order valence-electron chi connectivity index (χ1n) is 10.7. The number of para-hydroxylation sites is 1. The molecule has 0 saturated heterocycles. The van der Waals surface area contributed by atoms with Crippen LogP contribution in [0.2, 0.25) is 0 Å². The molecule has 1 aliphatic rings. The zero-order valence-electron chi connectivity index (χ0n) is 18.2. The van der Waals surface area contributed by atoms with Crippen LogP contribution in [0.4, 0.5) is 5.69 Å². The van der Waals surface area contributed by atoms with Gasteiger partial charge >= 0.3 is 5.97 Å². The number of anilines is 1. The minimum absolute atomic E-state index is 0.119. The zero-order valence-corrected chi connectivity index (χ0v) is 19.0. The summed E-state index contributed by atoms with van der Waals surface area (Å²) in [5.41, 5.74) is 2.48. The third kappa shape index (κ3) is 4.37. The summed E-state index contributed by atoms with van der Waals surface area (Å²) in [5, 5.41) is 19.8. The van der Waals surface area contributed by atoms with Gasteiger partial charge < -0.3 is 19.6 Å². The third-order valence-corrected chi connectivity index (χ3v) is 6.61. The number of nitrogens with zero attached hydrogens (tertiary/aromatic N) is 3. The fourth-order valence-corrected chi connectivity index (χ4v) is 4.71. The number of nitrogens with one attached hydrogen (secondary N) is 1. The predicted octanol–water partition coefficient (Wildman–Crippen LogP) is 4.56. The molecule has 0 aliphatic carbocycles. The molecule has 0 spiro atoms. The number of likely N-dealkylation sites (N-methyl/N-ethyl adjacent to an activating group) is 1. The normalized spacial score (nSPS) is 14.1. The van der Waals surface area contributed by atoms with Crippen LogP contribution in [0.1, 0.15) is 29.2 Å². The molecular formula is C24H26N4O3S. The summed E-state index contributed by atoms with van der Waals surface area (Å²) in [6.07, 6.45) is 0. The molecule has 0 unspecified atom stereocenters. The molecule has 0 saturated carbocycles. The van der Waals surface area contributed by atoms with Crippen LogP contribution < -0.4 is 4.90 Å². The van der Waals surface area contributed by atoms with Crippen LogP contribution in [-0.4, -0.2) is 59.6 Å². The van der Waals surface area contributed by atoms with Gasteiger partial charge in [0, 0.05) is 12.2 Å². The summed E-state index contributed by atoms with van der Waals surface area (Å²) in [6.45, 7) is 7.25. The van der Waals surface area contributed by atoms with Crippen molar-refractivity contribution in [2.24, 2.45) is 0 Å². The number of aliphatic hydroxyl groups is 1. The molecule has 0 fully saturated rings. The van der Waals surface area contributed by atoms with Crippen molar-refractivity contribution in [2.75, 3.05) is 37.7 Å². The molecular weight excluding hydrogens is 424 g/mol. The first-order valence-corrected chi connectivity index (χ1v) is 11.5. The Bertz CT molecular complexity index is 1130. The number of aliphatic hydroxyl groups excluding tert-OH is 1. The number of fused-ring (bicyclic) bond motifs is 1. The van der Waals surface area contributed by atoms with Gasteiger partial charge in [0.15, 0.2) is 0 Å². The Labute approximate surface area is 191 Å². The number of carbonyl (C=O) groups is 1. The molecule has 32 heavy (non-hydrogen) atoms. The molecule has 2 aromatic carbocycles. The van der Waals surface area contributed by atoms with Crippen LogP contribution in [0.3, 0.4) is 0 Å². The van der Waals surface area contributed by atoms with E-state index < -0.39 is 0 Å². The van der Waals surface area contributed by atoms with E-state index in [-0.39, 0.29) is 24.1 Å². The lowest BCUT2D eigenvalue weighted by molar-refractivity contribution is 0.0466. The van der Waals surface area contributed by atoms with Gasteiger partial charge in [-0.25, -0.2) is 9.78 Å². The van der Waals surface area contributed by atoms with Crippen LogP contribution in [0, 0.1) is 5.41 Å². The SMILES string of the molecule is CCN(CC)CCOC(=O)c1ccc(N2CC(O)=C(c3nc4ccccc4s3)C2=N)cc1. The maximum absolute atomic E-state index is 12.3. The number of ether oxygens (including phenoxy) is 1. The van der Waals surface area contributed by atoms with Gasteiger partial charge in [0.25, 0.3) is 0 Å². The number of benzene rings is 2. The van der Waals surface area contributed by atoms with Gasteiger partial charge in [-0.2, -0.15) is 0 Å². The second-order valence-corrected chi connectivity index (χ2v) is 8.48. The average molecular weight is 451 g/mol. The highest BCUT2D eigenvalue weighted by molar-refractivity contribution is 7.19. The highest BCUT2D eigenvalue weighted by atomic mass is 32.1. The molecule has 3 aromatic rings. The summed E-state index contributed by atoms with van der Waals surface area (Å²) >= 11 is 1.46. The van der Waals surface area contributed by atoms with Crippen molar-refractivity contribution in [3.05, 3.63) is 64.9 Å². The van der Waals surface area contributed by atoms with Crippen molar-refractivity contribution in [1.29, 1.82) is 5.41 Å². The maximum Gasteiger partial charge on any atom is 0.338 e. The molecule has 0 radical (unpaired) electrons. The fourth-order valence-electron chi connectivity index (χ4n) is 3.67. The Morgan fingerprint density at radius 2 is 1.91 bits per heavy atom. The van der Waals surface area contributed by atoms with E-state index in [2.05, 4.69) is 23.7 Å². The Kier molecular flexibility index (Phi) is 6.53. The predicted molar refractivity (Wildman–Crippen MR) is 129 cm³/mol. The summed E-state index contributed by atoms with van der Waals surface area (Å²) in [4.78, 5) is 20.8. The smallest absolute Gasteiger partial charge is 0.338 e. The average Bonchev–Trinajstić information content (AvgIpc) is 3.36. The second kappa shape index (κ2) is 9.50. The van der Waals surface area contributed by atoms with Crippen molar-refractivity contribution in [2.45, 2.75) is 13.8 Å². The van der Waals surface area contributed by atoms with E-state index in [1.54, 1.807) is 29.2 Å². The van der Waals surface area contributed by atoms with Crippen molar-refractivity contribution in [3.63, 3.8) is 0 Å². The number of hydrogen-bond acceptors (Lipinski definition) is 7. The van der Waals surface area contributed by atoms with Crippen molar-refractivity contribution < 1.29 is 14.6 Å². The molecule has 2 N–H and O–H groups in total. The molecule has 1 aromatic heterocycles. The fraction of sp³-hybridized carbons (Fsp3) is 0.292. The monoisotopic (exact) mass is 450 g/mol. The van der Waals surface area contributed by atoms with Gasteiger partial charge in [0.2, 0.25) is 0 Å². The molecule has 4 rings (SSSR count). The van der Waals surface area contributed by atoms with Gasteiger partial charge in [-0.1, -0.05) is 26.0 Å². The van der Waals surface area contributed by atoms with E-state index in [0.29, 0.717) is 29.3 Å². The minimum Gasteiger partial charge on any atom is -0.510 e. The van der Waals surface area contributed by atoms with Crippen LogP contribution >= 0.6 is 11.3 Å². The lowest BCUT2D eigenvalue weighted by atomic mass is 10.2. The minimum atomic E-state index is -0.364. The number of rotatable bonds is 8. The van der Waals surface area contributed by atoms with Gasteiger partial charge in [0.1, 0.15) is 23.2 Å². The highest BCUT2D eigenvalue weighted by Crippen LogP contribution is 2.35. The number of amidine groups is 1. The quantitative estimate of drug-likeness (QED) is 0.489. The number of esters is 1. The van der Waals surface area contributed by atoms with Gasteiger partial charge in [-0.3, -0.25) is 5.41 Å². The van der Waals surface area contributed by atoms with Crippen molar-refractivity contribution >= 4 is 44.6 Å². The highest BCUT2D eigenvalue weighted by Gasteiger charge is 2.31. The summed E-state index contributed by atoms with van der Waals surface area (Å²) in [6, 6.07) is 14.7. The van der Waals surface area contributed by atoms with Crippen LogP contribution in [0.5, 0.6) is 0 Å². The maximum atomic E-state index is 12.3. The first-order chi connectivity index (χ1) is 15.5. The second-order valence-electron chi connectivity index (χ2n) is 7.45. The standard InChI is InChI=1S/C24H26N4O3S/c1-3-27(4-2)13-14-31-24(30)16-9-11-17(12-10-16)28-15-19(29)21(22(28)25)23-26-18-7-5-6-8-20(18)32-23/h5-12,25,29H,3-4,13-15H2,1-2H3. The van der Waals surface area contributed by atoms with E-state index in [0.717, 1.165) is 29.0 Å². The molecule has 0 bridgehead atoms. The topological polar surface area (TPSA) is 89.8 Å². The molecule has 0 amide bonds. The van der Waals surface area contributed by atoms with Gasteiger partial charge in [-0.05, 0) is 49.5 Å². The summed E-state index contributed by atoms with van der Waals surface area (Å²) in [7, 11) is 0. The van der Waals surface area contributed by atoms with E-state index in [1.807, 2.05) is 24.3 Å². The molecule has 2 heterocycles. The number of carbonyl (C=O) groups excluding carboxylic acids is 1. The Morgan fingerprint density at radius 3 is 2.59 bits per heavy atom. The first kappa shape index (κ1) is 22.0. The van der Waals surface area contributed by atoms with E-state index in [1.165, 1.54) is 11.3 Å². The lowest BCUT2D eigenvalue weighted by Crippen LogP contribution is -2.28. The summed E-state index contributed by atoms with van der Waals surface area (Å²) in [5.74, 6) is -0.0543. The molecule has 7 nitrogen and oxygen atoms in total. The van der Waals surface area contributed by atoms with E-state index in [4.69, 9.17) is 10.1 Å². The van der Waals surface area contributed by atoms with Gasteiger partial charge in [0.05, 0.1) is 27.9 Å². The lowest BCUT2D eigenvalue weighted by Gasteiger charge is -2.19. The molecule has 8 heteroatoms. The van der Waals surface area contributed by atoms with Crippen LogP contribution in [-0.2, 0) is 4.74 Å². The van der Waals surface area contributed by atoms with Crippen LogP contribution in [0.15, 0.2) is 54.3 Å². The molecule has 166 valence electrons. The molecule has 1 aliphatic heterocycles. The Morgan fingerprint density at radius 1 is 1.19 bits per heavy atom. The number of aromatic nitrogens is 1. The Balaban J connectivity index is 1.43. The third-order valence-electron chi connectivity index (χ3n) is 5.56. The van der Waals surface area contributed by atoms with Crippen molar-refractivity contribution in [1.82, 2.24) is 9.88 Å². The zero-order chi connectivity index (χ0) is 22.7. The largest absolute Gasteiger partial charge is 0.510 e. The molecule has 0 atom stereocenters. The van der Waals surface area contributed by atoms with Crippen molar-refractivity contribution in [3.8, 4) is 0 Å². The number of hydrogen-bond donors (Lipinski definition) is 2.